The zero-order chi connectivity index (χ0) is 14.5. The van der Waals surface area contributed by atoms with E-state index in [0.717, 1.165) is 16.5 Å². The summed E-state index contributed by atoms with van der Waals surface area (Å²) in [5.74, 6) is -1.60. The molecule has 1 atom stereocenters. The molecule has 1 aromatic heterocycles. The molecule has 2 aromatic rings. The van der Waals surface area contributed by atoms with E-state index in [4.69, 9.17) is 5.11 Å². The number of carbonyl (C=O) groups excluding carboxylic acids is 1. The lowest BCUT2D eigenvalue weighted by Crippen LogP contribution is -2.32. The smallest absolute Gasteiger partial charge is 0.308 e. The minimum absolute atomic E-state index is 0.170. The molecule has 0 radical (unpaired) electrons. The van der Waals surface area contributed by atoms with Gasteiger partial charge in [0.2, 0.25) is 0 Å². The van der Waals surface area contributed by atoms with Gasteiger partial charge in [0.1, 0.15) is 0 Å². The standard InChI is InChI=1S/C15H17NO3S/c1-2-3-12(15(18)19)9-16-14(17)11-4-5-13-10(8-11)6-7-20-13/h4-8,12H,2-3,9H2,1H3,(H,16,17)(H,18,19). The zero-order valence-electron chi connectivity index (χ0n) is 11.3. The summed E-state index contributed by atoms with van der Waals surface area (Å²) in [5, 5.41) is 14.8. The summed E-state index contributed by atoms with van der Waals surface area (Å²) >= 11 is 1.63. The molecule has 2 N–H and O–H groups in total. The Bertz CT molecular complexity index is 620. The Kier molecular flexibility index (Phi) is 4.74. The monoisotopic (exact) mass is 291 g/mol. The van der Waals surface area contributed by atoms with Crippen molar-refractivity contribution in [2.45, 2.75) is 19.8 Å². The van der Waals surface area contributed by atoms with Crippen LogP contribution in [0.4, 0.5) is 0 Å². The lowest BCUT2D eigenvalue weighted by atomic mass is 10.0. The van der Waals surface area contributed by atoms with Crippen LogP contribution in [0.3, 0.4) is 0 Å². The highest BCUT2D eigenvalue weighted by atomic mass is 32.1. The molecule has 0 saturated carbocycles. The van der Waals surface area contributed by atoms with Gasteiger partial charge in [-0.25, -0.2) is 0 Å². The molecular weight excluding hydrogens is 274 g/mol. The molecule has 0 aliphatic carbocycles. The van der Waals surface area contributed by atoms with Gasteiger partial charge in [-0.05, 0) is 41.5 Å². The van der Waals surface area contributed by atoms with Crippen LogP contribution < -0.4 is 5.32 Å². The van der Waals surface area contributed by atoms with Crippen LogP contribution >= 0.6 is 11.3 Å². The quantitative estimate of drug-likeness (QED) is 0.859. The molecule has 1 aromatic carbocycles. The van der Waals surface area contributed by atoms with Gasteiger partial charge in [0.05, 0.1) is 5.92 Å². The normalized spacial score (nSPS) is 12.2. The number of hydrogen-bond acceptors (Lipinski definition) is 3. The molecule has 0 bridgehead atoms. The molecule has 0 saturated heterocycles. The largest absolute Gasteiger partial charge is 0.481 e. The second-order valence-electron chi connectivity index (χ2n) is 4.71. The molecule has 0 aliphatic heterocycles. The number of hydrogen-bond donors (Lipinski definition) is 2. The first-order chi connectivity index (χ1) is 9.61. The Balaban J connectivity index is 2.02. The van der Waals surface area contributed by atoms with Crippen molar-refractivity contribution in [3.05, 3.63) is 35.2 Å². The van der Waals surface area contributed by atoms with Crippen molar-refractivity contribution in [1.29, 1.82) is 0 Å². The molecule has 106 valence electrons. The third-order valence-corrected chi connectivity index (χ3v) is 4.11. The molecule has 0 fully saturated rings. The van der Waals surface area contributed by atoms with Gasteiger partial charge in [0, 0.05) is 16.8 Å². The van der Waals surface area contributed by atoms with E-state index in [-0.39, 0.29) is 12.5 Å². The zero-order valence-corrected chi connectivity index (χ0v) is 12.1. The highest BCUT2D eigenvalue weighted by Crippen LogP contribution is 2.21. The van der Waals surface area contributed by atoms with Gasteiger partial charge in [-0.1, -0.05) is 13.3 Å². The summed E-state index contributed by atoms with van der Waals surface area (Å²) in [6.45, 7) is 2.10. The van der Waals surface area contributed by atoms with E-state index >= 15 is 0 Å². The average molecular weight is 291 g/mol. The van der Waals surface area contributed by atoms with Crippen LogP contribution in [0.2, 0.25) is 0 Å². The number of benzene rings is 1. The first-order valence-electron chi connectivity index (χ1n) is 6.60. The maximum Gasteiger partial charge on any atom is 0.308 e. The van der Waals surface area contributed by atoms with E-state index < -0.39 is 11.9 Å². The van der Waals surface area contributed by atoms with E-state index in [1.165, 1.54) is 0 Å². The summed E-state index contributed by atoms with van der Waals surface area (Å²) in [5.41, 5.74) is 0.566. The predicted molar refractivity (Wildman–Crippen MR) is 80.2 cm³/mol. The van der Waals surface area contributed by atoms with Gasteiger partial charge in [0.15, 0.2) is 0 Å². The number of aliphatic carboxylic acids is 1. The van der Waals surface area contributed by atoms with E-state index in [9.17, 15) is 9.59 Å². The Hall–Kier alpha value is -1.88. The molecule has 1 heterocycles. The van der Waals surface area contributed by atoms with Gasteiger partial charge in [-0.3, -0.25) is 9.59 Å². The van der Waals surface area contributed by atoms with Crippen molar-refractivity contribution in [3.63, 3.8) is 0 Å². The maximum absolute atomic E-state index is 12.0. The lowest BCUT2D eigenvalue weighted by molar-refractivity contribution is -0.141. The maximum atomic E-state index is 12.0. The van der Waals surface area contributed by atoms with Crippen LogP contribution in [0, 0.1) is 5.92 Å². The first kappa shape index (κ1) is 14.5. The Morgan fingerprint density at radius 3 is 2.85 bits per heavy atom. The van der Waals surface area contributed by atoms with Crippen molar-refractivity contribution in [2.24, 2.45) is 5.92 Å². The number of thiophene rings is 1. The van der Waals surface area contributed by atoms with Crippen molar-refractivity contribution in [3.8, 4) is 0 Å². The highest BCUT2D eigenvalue weighted by molar-refractivity contribution is 7.17. The highest BCUT2D eigenvalue weighted by Gasteiger charge is 2.17. The third kappa shape index (κ3) is 3.36. The fourth-order valence-electron chi connectivity index (χ4n) is 2.09. The van der Waals surface area contributed by atoms with Gasteiger partial charge in [0.25, 0.3) is 5.91 Å². The number of nitrogens with one attached hydrogen (secondary N) is 1. The second-order valence-corrected chi connectivity index (χ2v) is 5.65. The van der Waals surface area contributed by atoms with Crippen molar-refractivity contribution in [2.75, 3.05) is 6.54 Å². The molecule has 1 amide bonds. The van der Waals surface area contributed by atoms with Gasteiger partial charge in [-0.2, -0.15) is 0 Å². The Morgan fingerprint density at radius 2 is 2.15 bits per heavy atom. The van der Waals surface area contributed by atoms with Crippen molar-refractivity contribution >= 4 is 33.3 Å². The van der Waals surface area contributed by atoms with E-state index in [1.54, 1.807) is 17.4 Å². The van der Waals surface area contributed by atoms with Crippen LogP contribution in [0.1, 0.15) is 30.1 Å². The summed E-state index contributed by atoms with van der Waals surface area (Å²) < 4.78 is 1.14. The predicted octanol–water partition coefficient (Wildman–Crippen LogP) is 3.13. The number of fused-ring (bicyclic) bond motifs is 1. The molecule has 20 heavy (non-hydrogen) atoms. The van der Waals surface area contributed by atoms with Crippen molar-refractivity contribution in [1.82, 2.24) is 5.32 Å². The molecule has 4 nitrogen and oxygen atoms in total. The van der Waals surface area contributed by atoms with Crippen LogP contribution in [0.25, 0.3) is 10.1 Å². The average Bonchev–Trinajstić information content (AvgIpc) is 2.89. The number of carboxylic acid groups (broad SMARTS) is 1. The SMILES string of the molecule is CCCC(CNC(=O)c1ccc2sccc2c1)C(=O)O. The fraction of sp³-hybridized carbons (Fsp3) is 0.333. The van der Waals surface area contributed by atoms with Crippen LogP contribution in [0.5, 0.6) is 0 Å². The fourth-order valence-corrected chi connectivity index (χ4v) is 2.86. The van der Waals surface area contributed by atoms with Crippen LogP contribution in [-0.4, -0.2) is 23.5 Å². The minimum atomic E-state index is -0.861. The number of rotatable bonds is 6. The van der Waals surface area contributed by atoms with Gasteiger partial charge >= 0.3 is 5.97 Å². The topological polar surface area (TPSA) is 66.4 Å². The molecule has 2 rings (SSSR count). The van der Waals surface area contributed by atoms with Crippen LogP contribution in [-0.2, 0) is 4.79 Å². The lowest BCUT2D eigenvalue weighted by Gasteiger charge is -2.12. The van der Waals surface area contributed by atoms with Gasteiger partial charge < -0.3 is 10.4 Å². The van der Waals surface area contributed by atoms with E-state index in [0.29, 0.717) is 12.0 Å². The minimum Gasteiger partial charge on any atom is -0.481 e. The third-order valence-electron chi connectivity index (χ3n) is 3.21. The molecular formula is C15H17NO3S. The summed E-state index contributed by atoms with van der Waals surface area (Å²) in [4.78, 5) is 23.1. The molecule has 0 aliphatic rings. The number of amides is 1. The Morgan fingerprint density at radius 1 is 1.35 bits per heavy atom. The van der Waals surface area contributed by atoms with Gasteiger partial charge in [-0.15, -0.1) is 11.3 Å². The molecule has 1 unspecified atom stereocenters. The molecule has 5 heteroatoms. The second kappa shape index (κ2) is 6.52. The summed E-state index contributed by atoms with van der Waals surface area (Å²) in [7, 11) is 0. The van der Waals surface area contributed by atoms with E-state index in [1.807, 2.05) is 30.5 Å². The van der Waals surface area contributed by atoms with Crippen LogP contribution in [0.15, 0.2) is 29.6 Å². The number of carboxylic acids is 1. The van der Waals surface area contributed by atoms with Crippen molar-refractivity contribution < 1.29 is 14.7 Å². The molecule has 0 spiro atoms. The Labute approximate surface area is 121 Å². The van der Waals surface area contributed by atoms with E-state index in [2.05, 4.69) is 5.32 Å². The first-order valence-corrected chi connectivity index (χ1v) is 7.48. The summed E-state index contributed by atoms with van der Waals surface area (Å²) in [6.07, 6.45) is 1.35. The number of carbonyl (C=O) groups is 2. The summed E-state index contributed by atoms with van der Waals surface area (Å²) in [6, 6.07) is 7.48.